The van der Waals surface area contributed by atoms with Crippen molar-refractivity contribution in [2.75, 3.05) is 6.54 Å². The maximum absolute atomic E-state index is 13.2. The van der Waals surface area contributed by atoms with Crippen molar-refractivity contribution in [2.24, 2.45) is 0 Å². The van der Waals surface area contributed by atoms with Crippen LogP contribution >= 0.6 is 0 Å². The fourth-order valence-electron chi connectivity index (χ4n) is 2.88. The van der Waals surface area contributed by atoms with Gasteiger partial charge in [-0.1, -0.05) is 25.0 Å². The van der Waals surface area contributed by atoms with Crippen molar-refractivity contribution in [2.45, 2.75) is 51.6 Å². The van der Waals surface area contributed by atoms with E-state index in [0.717, 1.165) is 25.1 Å². The van der Waals surface area contributed by atoms with E-state index >= 15 is 0 Å². The number of halogens is 1. The van der Waals surface area contributed by atoms with Gasteiger partial charge >= 0.3 is 0 Å². The van der Waals surface area contributed by atoms with Crippen LogP contribution in [0.2, 0.25) is 0 Å². The monoisotopic (exact) mass is 263 g/mol. The van der Waals surface area contributed by atoms with Crippen molar-refractivity contribution in [1.29, 1.82) is 0 Å². The lowest BCUT2D eigenvalue weighted by Gasteiger charge is -2.29. The highest BCUT2D eigenvalue weighted by atomic mass is 19.1. The molecule has 1 atom stereocenters. The number of hydrogen-bond acceptors (Lipinski definition) is 2. The summed E-state index contributed by atoms with van der Waals surface area (Å²) in [4.78, 5) is 13.7. The molecule has 1 aromatic rings. The molecule has 19 heavy (non-hydrogen) atoms. The Kier molecular flexibility index (Phi) is 5.08. The second-order valence-electron chi connectivity index (χ2n) is 5.51. The highest BCUT2D eigenvalue weighted by molar-refractivity contribution is 5.76. The molecular formula is C16H22FNO. The number of nitrogens with zero attached hydrogens (tertiary/aromatic N) is 1. The molecule has 2 nitrogen and oxygen atoms in total. The van der Waals surface area contributed by atoms with E-state index in [-0.39, 0.29) is 11.6 Å². The molecule has 1 unspecified atom stereocenters. The van der Waals surface area contributed by atoms with Gasteiger partial charge in [0.25, 0.3) is 0 Å². The number of likely N-dealkylation sites (tertiary alicyclic amines) is 1. The quantitative estimate of drug-likeness (QED) is 0.828. The van der Waals surface area contributed by atoms with E-state index in [1.54, 1.807) is 19.1 Å². The minimum atomic E-state index is -0.185. The van der Waals surface area contributed by atoms with Crippen molar-refractivity contribution < 1.29 is 9.18 Å². The summed E-state index contributed by atoms with van der Waals surface area (Å²) in [5, 5.41) is 0. The molecular weight excluding hydrogens is 241 g/mol. The van der Waals surface area contributed by atoms with E-state index in [1.165, 1.54) is 25.3 Å². The highest BCUT2D eigenvalue weighted by Gasteiger charge is 2.22. The van der Waals surface area contributed by atoms with Crippen LogP contribution in [0.1, 0.15) is 44.6 Å². The molecule has 0 radical (unpaired) electrons. The van der Waals surface area contributed by atoms with Gasteiger partial charge in [0.2, 0.25) is 0 Å². The molecule has 1 fully saturated rings. The fraction of sp³-hybridized carbons (Fsp3) is 0.562. The molecule has 2 rings (SSSR count). The zero-order chi connectivity index (χ0) is 13.7. The average Bonchev–Trinajstić information content (AvgIpc) is 2.55. The summed E-state index contributed by atoms with van der Waals surface area (Å²) in [6.45, 7) is 3.41. The maximum Gasteiger partial charge on any atom is 0.131 e. The number of carbonyl (C=O) groups excluding carboxylic acids is 1. The third-order valence-electron chi connectivity index (χ3n) is 3.80. The van der Waals surface area contributed by atoms with Crippen LogP contribution in [0.15, 0.2) is 24.3 Å². The lowest BCUT2D eigenvalue weighted by atomic mass is 10.0. The lowest BCUT2D eigenvalue weighted by molar-refractivity contribution is -0.118. The van der Waals surface area contributed by atoms with Crippen LogP contribution in [0, 0.1) is 5.82 Å². The Hall–Kier alpha value is -1.22. The molecule has 0 amide bonds. The van der Waals surface area contributed by atoms with E-state index in [4.69, 9.17) is 0 Å². The highest BCUT2D eigenvalue weighted by Crippen LogP contribution is 2.22. The summed E-state index contributed by atoms with van der Waals surface area (Å²) in [6, 6.07) is 7.10. The van der Waals surface area contributed by atoms with Crippen molar-refractivity contribution >= 4 is 5.78 Å². The minimum Gasteiger partial charge on any atom is -0.300 e. The standard InChI is InChI=1S/C16H22FNO/c1-13(19)10-16-8-3-2-4-9-18(16)12-14-6-5-7-15(17)11-14/h5-7,11,16H,2-4,8-10,12H2,1H3. The smallest absolute Gasteiger partial charge is 0.131 e. The number of rotatable bonds is 4. The molecule has 1 heterocycles. The summed E-state index contributed by atoms with van der Waals surface area (Å²) >= 11 is 0. The average molecular weight is 263 g/mol. The molecule has 1 aliphatic heterocycles. The van der Waals surface area contributed by atoms with Gasteiger partial charge in [0.15, 0.2) is 0 Å². The molecule has 104 valence electrons. The van der Waals surface area contributed by atoms with Gasteiger partial charge in [0.05, 0.1) is 0 Å². The topological polar surface area (TPSA) is 20.3 Å². The predicted octanol–water partition coefficient (Wildman–Crippen LogP) is 3.55. The summed E-state index contributed by atoms with van der Waals surface area (Å²) < 4.78 is 13.2. The normalized spacial score (nSPS) is 21.1. The van der Waals surface area contributed by atoms with Gasteiger partial charge < -0.3 is 0 Å². The predicted molar refractivity (Wildman–Crippen MR) is 74.4 cm³/mol. The summed E-state index contributed by atoms with van der Waals surface area (Å²) in [5.74, 6) is 0.0617. The van der Waals surface area contributed by atoms with Gasteiger partial charge in [-0.05, 0) is 44.0 Å². The van der Waals surface area contributed by atoms with E-state index in [9.17, 15) is 9.18 Å². The first kappa shape index (κ1) is 14.2. The number of benzene rings is 1. The molecule has 1 saturated heterocycles. The van der Waals surface area contributed by atoms with E-state index < -0.39 is 0 Å². The molecule has 1 aromatic carbocycles. The molecule has 0 N–H and O–H groups in total. The van der Waals surface area contributed by atoms with Crippen molar-refractivity contribution in [3.63, 3.8) is 0 Å². The summed E-state index contributed by atoms with van der Waals surface area (Å²) in [5.41, 5.74) is 0.996. The molecule has 0 aromatic heterocycles. The molecule has 0 saturated carbocycles. The number of Topliss-reactive ketones (excluding diaryl/α,β-unsaturated/α-hetero) is 1. The Morgan fingerprint density at radius 3 is 2.95 bits per heavy atom. The Morgan fingerprint density at radius 2 is 2.21 bits per heavy atom. The van der Waals surface area contributed by atoms with Crippen LogP contribution in [0.3, 0.4) is 0 Å². The first-order valence-electron chi connectivity index (χ1n) is 7.13. The zero-order valence-corrected chi connectivity index (χ0v) is 11.6. The first-order valence-corrected chi connectivity index (χ1v) is 7.13. The number of ketones is 1. The van der Waals surface area contributed by atoms with Crippen LogP contribution < -0.4 is 0 Å². The van der Waals surface area contributed by atoms with Crippen molar-refractivity contribution in [3.05, 3.63) is 35.6 Å². The maximum atomic E-state index is 13.2. The minimum absolute atomic E-state index is 0.185. The number of carbonyl (C=O) groups is 1. The second kappa shape index (κ2) is 6.80. The summed E-state index contributed by atoms with van der Waals surface area (Å²) in [6.07, 6.45) is 5.29. The van der Waals surface area contributed by atoms with Gasteiger partial charge in [-0.3, -0.25) is 9.69 Å². The van der Waals surface area contributed by atoms with Crippen LogP contribution in [-0.4, -0.2) is 23.3 Å². The van der Waals surface area contributed by atoms with Crippen molar-refractivity contribution in [1.82, 2.24) is 4.90 Å². The van der Waals surface area contributed by atoms with Gasteiger partial charge in [0, 0.05) is 19.0 Å². The van der Waals surface area contributed by atoms with E-state index in [1.807, 2.05) is 6.07 Å². The Bertz CT molecular complexity index is 433. The SMILES string of the molecule is CC(=O)CC1CCCCCN1Cc1cccc(F)c1. The Morgan fingerprint density at radius 1 is 1.37 bits per heavy atom. The van der Waals surface area contributed by atoms with Crippen LogP contribution in [0.25, 0.3) is 0 Å². The first-order chi connectivity index (χ1) is 9.15. The third kappa shape index (κ3) is 4.43. The molecule has 0 bridgehead atoms. The summed E-state index contributed by atoms with van der Waals surface area (Å²) in [7, 11) is 0. The largest absolute Gasteiger partial charge is 0.300 e. The molecule has 0 spiro atoms. The van der Waals surface area contributed by atoms with E-state index in [0.29, 0.717) is 12.5 Å². The van der Waals surface area contributed by atoms with E-state index in [2.05, 4.69) is 4.90 Å². The third-order valence-corrected chi connectivity index (χ3v) is 3.80. The van der Waals surface area contributed by atoms with Crippen LogP contribution in [-0.2, 0) is 11.3 Å². The zero-order valence-electron chi connectivity index (χ0n) is 11.6. The second-order valence-corrected chi connectivity index (χ2v) is 5.51. The molecule has 0 aliphatic carbocycles. The lowest BCUT2D eigenvalue weighted by Crippen LogP contribution is -2.35. The Balaban J connectivity index is 2.07. The van der Waals surface area contributed by atoms with Gasteiger partial charge in [-0.15, -0.1) is 0 Å². The Labute approximate surface area is 114 Å². The van der Waals surface area contributed by atoms with Gasteiger partial charge in [-0.2, -0.15) is 0 Å². The van der Waals surface area contributed by atoms with Crippen LogP contribution in [0.5, 0.6) is 0 Å². The molecule has 3 heteroatoms. The molecule has 1 aliphatic rings. The number of hydrogen-bond donors (Lipinski definition) is 0. The van der Waals surface area contributed by atoms with Crippen molar-refractivity contribution in [3.8, 4) is 0 Å². The van der Waals surface area contributed by atoms with Gasteiger partial charge in [0.1, 0.15) is 11.6 Å². The van der Waals surface area contributed by atoms with Crippen LogP contribution in [0.4, 0.5) is 4.39 Å². The fourth-order valence-corrected chi connectivity index (χ4v) is 2.88. The van der Waals surface area contributed by atoms with Gasteiger partial charge in [-0.25, -0.2) is 4.39 Å².